The largest absolute Gasteiger partial charge is 0.298 e. The first-order chi connectivity index (χ1) is 8.20. The first kappa shape index (κ1) is 11.3. The molecule has 0 N–H and O–H groups in total. The number of carbonyl (C=O) groups is 2. The molecule has 0 saturated heterocycles. The molecule has 0 fully saturated rings. The second-order valence-corrected chi connectivity index (χ2v) is 3.87. The van der Waals surface area contributed by atoms with Gasteiger partial charge in [-0.25, -0.2) is 0 Å². The van der Waals surface area contributed by atoms with Gasteiger partial charge in [0.2, 0.25) is 0 Å². The summed E-state index contributed by atoms with van der Waals surface area (Å²) < 4.78 is 0. The third kappa shape index (κ3) is 2.48. The zero-order chi connectivity index (χ0) is 12.3. The molecule has 0 amide bonds. The van der Waals surface area contributed by atoms with Crippen LogP contribution in [-0.4, -0.2) is 12.1 Å². The van der Waals surface area contributed by atoms with E-state index in [9.17, 15) is 9.59 Å². The van der Waals surface area contributed by atoms with Crippen LogP contribution in [0, 0.1) is 0 Å². The third-order valence-corrected chi connectivity index (χ3v) is 2.67. The summed E-state index contributed by atoms with van der Waals surface area (Å²) in [5.41, 5.74) is 3.44. The SMILES string of the molecule is CC(=O)c1ccc(-c2ccc(C=O)cc2)cc1. The number of rotatable bonds is 3. The molecule has 0 aromatic heterocycles. The monoisotopic (exact) mass is 224 g/mol. The van der Waals surface area contributed by atoms with E-state index in [0.29, 0.717) is 11.1 Å². The van der Waals surface area contributed by atoms with Gasteiger partial charge in [0.1, 0.15) is 6.29 Å². The minimum Gasteiger partial charge on any atom is -0.298 e. The minimum atomic E-state index is 0.0628. The number of carbonyl (C=O) groups excluding carboxylic acids is 2. The lowest BCUT2D eigenvalue weighted by atomic mass is 10.0. The first-order valence-electron chi connectivity index (χ1n) is 5.37. The highest BCUT2D eigenvalue weighted by Crippen LogP contribution is 2.20. The Morgan fingerprint density at radius 3 is 1.76 bits per heavy atom. The number of hydrogen-bond acceptors (Lipinski definition) is 2. The van der Waals surface area contributed by atoms with Crippen LogP contribution in [0.4, 0.5) is 0 Å². The van der Waals surface area contributed by atoms with E-state index >= 15 is 0 Å². The van der Waals surface area contributed by atoms with Crippen molar-refractivity contribution in [1.82, 2.24) is 0 Å². The molecule has 0 atom stereocenters. The zero-order valence-corrected chi connectivity index (χ0v) is 9.51. The highest BCUT2D eigenvalue weighted by molar-refractivity contribution is 5.94. The predicted octanol–water partition coefficient (Wildman–Crippen LogP) is 3.37. The van der Waals surface area contributed by atoms with E-state index in [1.807, 2.05) is 36.4 Å². The summed E-state index contributed by atoms with van der Waals surface area (Å²) in [6.07, 6.45) is 0.822. The number of benzene rings is 2. The van der Waals surface area contributed by atoms with Crippen molar-refractivity contribution in [2.45, 2.75) is 6.92 Å². The maximum absolute atomic E-state index is 11.1. The van der Waals surface area contributed by atoms with Crippen molar-refractivity contribution in [3.05, 3.63) is 59.7 Å². The molecular formula is C15H12O2. The highest BCUT2D eigenvalue weighted by Gasteiger charge is 2.01. The van der Waals surface area contributed by atoms with E-state index in [0.717, 1.165) is 17.4 Å². The molecule has 17 heavy (non-hydrogen) atoms. The zero-order valence-electron chi connectivity index (χ0n) is 9.51. The average molecular weight is 224 g/mol. The molecule has 2 aromatic carbocycles. The second-order valence-electron chi connectivity index (χ2n) is 3.87. The van der Waals surface area contributed by atoms with Gasteiger partial charge in [0.15, 0.2) is 5.78 Å². The fourth-order valence-electron chi connectivity index (χ4n) is 1.65. The summed E-state index contributed by atoms with van der Waals surface area (Å²) in [5, 5.41) is 0. The lowest BCUT2D eigenvalue weighted by molar-refractivity contribution is 0.101. The van der Waals surface area contributed by atoms with Crippen molar-refractivity contribution in [3.63, 3.8) is 0 Å². The molecule has 84 valence electrons. The van der Waals surface area contributed by atoms with E-state index in [1.165, 1.54) is 0 Å². The number of Topliss-reactive ketones (excluding diaryl/α,β-unsaturated/α-hetero) is 1. The van der Waals surface area contributed by atoms with Crippen LogP contribution in [0.1, 0.15) is 27.6 Å². The van der Waals surface area contributed by atoms with Gasteiger partial charge in [-0.15, -0.1) is 0 Å². The van der Waals surface area contributed by atoms with Crippen LogP contribution in [0.2, 0.25) is 0 Å². The van der Waals surface area contributed by atoms with Gasteiger partial charge in [-0.3, -0.25) is 9.59 Å². The molecule has 2 rings (SSSR count). The van der Waals surface area contributed by atoms with Gasteiger partial charge in [-0.1, -0.05) is 48.5 Å². The molecule has 0 saturated carbocycles. The van der Waals surface area contributed by atoms with Gasteiger partial charge in [-0.05, 0) is 18.1 Å². The van der Waals surface area contributed by atoms with E-state index in [2.05, 4.69) is 0 Å². The standard InChI is InChI=1S/C15H12O2/c1-11(17)13-6-8-15(9-7-13)14-4-2-12(10-16)3-5-14/h2-10H,1H3. The van der Waals surface area contributed by atoms with Crippen LogP contribution < -0.4 is 0 Å². The summed E-state index contributed by atoms with van der Waals surface area (Å²) in [7, 11) is 0. The lowest BCUT2D eigenvalue weighted by Crippen LogP contribution is -1.90. The molecule has 0 aliphatic carbocycles. The molecule has 0 aliphatic heterocycles. The maximum Gasteiger partial charge on any atom is 0.159 e. The molecule has 0 aliphatic rings. The van der Waals surface area contributed by atoms with Gasteiger partial charge in [0.05, 0.1) is 0 Å². The Labute approximate surface area is 99.9 Å². The van der Waals surface area contributed by atoms with Crippen LogP contribution in [-0.2, 0) is 0 Å². The highest BCUT2D eigenvalue weighted by atomic mass is 16.1. The van der Waals surface area contributed by atoms with Gasteiger partial charge in [0, 0.05) is 11.1 Å². The van der Waals surface area contributed by atoms with Crippen LogP contribution in [0.3, 0.4) is 0 Å². The Morgan fingerprint density at radius 2 is 1.35 bits per heavy atom. The molecule has 2 aromatic rings. The van der Waals surface area contributed by atoms with Crippen LogP contribution >= 0.6 is 0 Å². The van der Waals surface area contributed by atoms with Gasteiger partial charge in [-0.2, -0.15) is 0 Å². The average Bonchev–Trinajstić information content (AvgIpc) is 2.39. The number of hydrogen-bond donors (Lipinski definition) is 0. The van der Waals surface area contributed by atoms with E-state index in [1.54, 1.807) is 19.1 Å². The van der Waals surface area contributed by atoms with E-state index < -0.39 is 0 Å². The molecule has 0 radical (unpaired) electrons. The maximum atomic E-state index is 11.1. The smallest absolute Gasteiger partial charge is 0.159 e. The fourth-order valence-corrected chi connectivity index (χ4v) is 1.65. The minimum absolute atomic E-state index is 0.0628. The van der Waals surface area contributed by atoms with Crippen molar-refractivity contribution < 1.29 is 9.59 Å². The Balaban J connectivity index is 2.32. The topological polar surface area (TPSA) is 34.1 Å². The Hall–Kier alpha value is -2.22. The summed E-state index contributed by atoms with van der Waals surface area (Å²) in [5.74, 6) is 0.0628. The van der Waals surface area contributed by atoms with E-state index in [4.69, 9.17) is 0 Å². The van der Waals surface area contributed by atoms with Crippen LogP contribution in [0.25, 0.3) is 11.1 Å². The van der Waals surface area contributed by atoms with Crippen LogP contribution in [0.15, 0.2) is 48.5 Å². The molecule has 0 unspecified atom stereocenters. The van der Waals surface area contributed by atoms with Gasteiger partial charge in [0.25, 0.3) is 0 Å². The molecule has 0 spiro atoms. The number of ketones is 1. The summed E-state index contributed by atoms with van der Waals surface area (Å²) in [6, 6.07) is 14.8. The third-order valence-electron chi connectivity index (χ3n) is 2.67. The van der Waals surface area contributed by atoms with Crippen molar-refractivity contribution in [1.29, 1.82) is 0 Å². The fraction of sp³-hybridized carbons (Fsp3) is 0.0667. The Kier molecular flexibility index (Phi) is 3.15. The number of aldehydes is 1. The molecule has 0 heterocycles. The Morgan fingerprint density at radius 1 is 0.882 bits per heavy atom. The Bertz CT molecular complexity index is 536. The van der Waals surface area contributed by atoms with Crippen molar-refractivity contribution in [2.75, 3.05) is 0 Å². The van der Waals surface area contributed by atoms with Gasteiger partial charge >= 0.3 is 0 Å². The molecule has 2 heteroatoms. The van der Waals surface area contributed by atoms with E-state index in [-0.39, 0.29) is 5.78 Å². The van der Waals surface area contributed by atoms with Crippen LogP contribution in [0.5, 0.6) is 0 Å². The quantitative estimate of drug-likeness (QED) is 0.591. The molecular weight excluding hydrogens is 212 g/mol. The summed E-state index contributed by atoms with van der Waals surface area (Å²) in [6.45, 7) is 1.55. The predicted molar refractivity (Wildman–Crippen MR) is 67.3 cm³/mol. The summed E-state index contributed by atoms with van der Waals surface area (Å²) >= 11 is 0. The lowest BCUT2D eigenvalue weighted by Gasteiger charge is -2.02. The van der Waals surface area contributed by atoms with Gasteiger partial charge < -0.3 is 0 Å². The van der Waals surface area contributed by atoms with Crippen molar-refractivity contribution in [2.24, 2.45) is 0 Å². The van der Waals surface area contributed by atoms with Crippen molar-refractivity contribution in [3.8, 4) is 11.1 Å². The molecule has 0 bridgehead atoms. The first-order valence-corrected chi connectivity index (χ1v) is 5.37. The molecule has 2 nitrogen and oxygen atoms in total. The van der Waals surface area contributed by atoms with Crippen molar-refractivity contribution >= 4 is 12.1 Å². The normalized spacial score (nSPS) is 9.94. The summed E-state index contributed by atoms with van der Waals surface area (Å²) in [4.78, 5) is 21.7. The second kappa shape index (κ2) is 4.74.